The summed E-state index contributed by atoms with van der Waals surface area (Å²) in [6.45, 7) is 1.63. The lowest BCUT2D eigenvalue weighted by molar-refractivity contribution is 0.0824. The number of aromatic nitrogens is 3. The van der Waals surface area contributed by atoms with Gasteiger partial charge in [-0.2, -0.15) is 5.10 Å². The molecule has 1 atom stereocenters. The third-order valence-electron chi connectivity index (χ3n) is 3.14. The molecule has 6 heteroatoms. The van der Waals surface area contributed by atoms with Gasteiger partial charge in [0.25, 0.3) is 0 Å². The molecule has 0 fully saturated rings. The van der Waals surface area contributed by atoms with Crippen LogP contribution in [-0.2, 0) is 0 Å². The molecule has 0 radical (unpaired) electrons. The van der Waals surface area contributed by atoms with E-state index in [0.717, 1.165) is 0 Å². The quantitative estimate of drug-likeness (QED) is 0.545. The number of hydrogen-bond acceptors (Lipinski definition) is 5. The molecule has 0 saturated heterocycles. The first-order chi connectivity index (χ1) is 9.68. The van der Waals surface area contributed by atoms with Crippen LogP contribution in [0.15, 0.2) is 42.3 Å². The fraction of sp³-hybridized carbons (Fsp3) is 0.143. The SMILES string of the molecule is CC(C(=O)c1cccs1)C(=O)c1cnn2ccncc12. The van der Waals surface area contributed by atoms with Crippen molar-refractivity contribution in [1.82, 2.24) is 14.6 Å². The van der Waals surface area contributed by atoms with Crippen LogP contribution in [0, 0.1) is 5.92 Å². The van der Waals surface area contributed by atoms with Crippen LogP contribution >= 0.6 is 11.3 Å². The summed E-state index contributed by atoms with van der Waals surface area (Å²) in [6.07, 6.45) is 6.31. The number of hydrogen-bond donors (Lipinski definition) is 0. The number of rotatable bonds is 4. The van der Waals surface area contributed by atoms with E-state index in [2.05, 4.69) is 10.1 Å². The second-order valence-corrected chi connectivity index (χ2v) is 5.34. The van der Waals surface area contributed by atoms with Crippen LogP contribution in [0.3, 0.4) is 0 Å². The van der Waals surface area contributed by atoms with E-state index in [1.54, 1.807) is 42.2 Å². The Morgan fingerprint density at radius 1 is 1.30 bits per heavy atom. The molecule has 3 aromatic heterocycles. The van der Waals surface area contributed by atoms with Gasteiger partial charge in [0.1, 0.15) is 0 Å². The van der Waals surface area contributed by atoms with E-state index < -0.39 is 5.92 Å². The summed E-state index contributed by atoms with van der Waals surface area (Å²) in [6, 6.07) is 3.53. The van der Waals surface area contributed by atoms with E-state index in [9.17, 15) is 9.59 Å². The zero-order valence-corrected chi connectivity index (χ0v) is 11.5. The van der Waals surface area contributed by atoms with E-state index in [4.69, 9.17) is 0 Å². The molecule has 0 N–H and O–H groups in total. The van der Waals surface area contributed by atoms with Gasteiger partial charge in [-0.1, -0.05) is 6.07 Å². The van der Waals surface area contributed by atoms with Crippen LogP contribution in [0.5, 0.6) is 0 Å². The number of nitrogens with zero attached hydrogens (tertiary/aromatic N) is 3. The number of thiophene rings is 1. The number of carbonyl (C=O) groups excluding carboxylic acids is 2. The minimum absolute atomic E-state index is 0.159. The van der Waals surface area contributed by atoms with Crippen molar-refractivity contribution in [2.75, 3.05) is 0 Å². The van der Waals surface area contributed by atoms with Crippen molar-refractivity contribution in [2.45, 2.75) is 6.92 Å². The van der Waals surface area contributed by atoms with E-state index in [-0.39, 0.29) is 11.6 Å². The van der Waals surface area contributed by atoms with E-state index in [0.29, 0.717) is 16.0 Å². The topological polar surface area (TPSA) is 64.3 Å². The van der Waals surface area contributed by atoms with Crippen molar-refractivity contribution in [3.05, 3.63) is 52.7 Å². The summed E-state index contributed by atoms with van der Waals surface area (Å²) < 4.78 is 1.57. The Morgan fingerprint density at radius 3 is 2.90 bits per heavy atom. The molecule has 3 rings (SSSR count). The van der Waals surface area contributed by atoms with Crippen molar-refractivity contribution in [3.8, 4) is 0 Å². The maximum Gasteiger partial charge on any atom is 0.183 e. The average molecular weight is 285 g/mol. The Bertz CT molecular complexity index is 777. The molecule has 3 aromatic rings. The second kappa shape index (κ2) is 4.97. The van der Waals surface area contributed by atoms with Crippen LogP contribution in [0.4, 0.5) is 0 Å². The Labute approximate surface area is 118 Å². The largest absolute Gasteiger partial charge is 0.293 e. The van der Waals surface area contributed by atoms with Gasteiger partial charge < -0.3 is 0 Å². The third-order valence-corrected chi connectivity index (χ3v) is 4.03. The first-order valence-corrected chi connectivity index (χ1v) is 6.95. The molecule has 20 heavy (non-hydrogen) atoms. The molecule has 0 aromatic carbocycles. The Kier molecular flexibility index (Phi) is 3.15. The summed E-state index contributed by atoms with van der Waals surface area (Å²) >= 11 is 1.34. The Hall–Kier alpha value is -2.34. The number of ketones is 2. The first-order valence-electron chi connectivity index (χ1n) is 6.08. The summed E-state index contributed by atoms with van der Waals surface area (Å²) in [5, 5.41) is 5.91. The second-order valence-electron chi connectivity index (χ2n) is 4.39. The molecule has 1 unspecified atom stereocenters. The molecule has 100 valence electrons. The van der Waals surface area contributed by atoms with Gasteiger partial charge in [-0.3, -0.25) is 14.6 Å². The highest BCUT2D eigenvalue weighted by atomic mass is 32.1. The summed E-state index contributed by atoms with van der Waals surface area (Å²) in [7, 11) is 0. The van der Waals surface area contributed by atoms with Crippen LogP contribution in [0.1, 0.15) is 27.0 Å². The highest BCUT2D eigenvalue weighted by molar-refractivity contribution is 7.12. The fourth-order valence-electron chi connectivity index (χ4n) is 2.01. The summed E-state index contributed by atoms with van der Waals surface area (Å²) in [5.41, 5.74) is 1.04. The normalized spacial score (nSPS) is 12.4. The van der Waals surface area contributed by atoms with E-state index in [1.165, 1.54) is 17.5 Å². The van der Waals surface area contributed by atoms with Crippen molar-refractivity contribution < 1.29 is 9.59 Å². The molecule has 0 spiro atoms. The lowest BCUT2D eigenvalue weighted by Crippen LogP contribution is -2.20. The van der Waals surface area contributed by atoms with E-state index in [1.807, 2.05) is 5.38 Å². The minimum Gasteiger partial charge on any atom is -0.293 e. The number of fused-ring (bicyclic) bond motifs is 1. The van der Waals surface area contributed by atoms with Gasteiger partial charge in [0, 0.05) is 12.4 Å². The average Bonchev–Trinajstić information content (AvgIpc) is 3.14. The molecule has 0 aliphatic heterocycles. The zero-order chi connectivity index (χ0) is 14.1. The highest BCUT2D eigenvalue weighted by Crippen LogP contribution is 2.20. The molecule has 0 bridgehead atoms. The van der Waals surface area contributed by atoms with Crippen LogP contribution in [-0.4, -0.2) is 26.2 Å². The molecule has 5 nitrogen and oxygen atoms in total. The van der Waals surface area contributed by atoms with Gasteiger partial charge in [-0.05, 0) is 18.4 Å². The number of carbonyl (C=O) groups is 2. The molecule has 0 aliphatic rings. The lowest BCUT2D eigenvalue weighted by atomic mass is 9.95. The molecule has 0 amide bonds. The summed E-state index contributed by atoms with van der Waals surface area (Å²) in [5.74, 6) is -1.11. The smallest absolute Gasteiger partial charge is 0.183 e. The first kappa shape index (κ1) is 12.7. The standard InChI is InChI=1S/C14H11N3O2S/c1-9(14(19)12-3-2-6-20-12)13(18)10-7-16-17-5-4-15-8-11(10)17/h2-9H,1H3. The maximum absolute atomic E-state index is 12.5. The lowest BCUT2D eigenvalue weighted by Gasteiger charge is -2.06. The van der Waals surface area contributed by atoms with Gasteiger partial charge in [-0.25, -0.2) is 4.52 Å². The van der Waals surface area contributed by atoms with Crippen molar-refractivity contribution in [3.63, 3.8) is 0 Å². The third kappa shape index (κ3) is 2.04. The van der Waals surface area contributed by atoms with Crippen LogP contribution in [0.25, 0.3) is 5.52 Å². The Morgan fingerprint density at radius 2 is 2.15 bits per heavy atom. The number of Topliss-reactive ketones (excluding diaryl/α,β-unsaturated/α-hetero) is 2. The van der Waals surface area contributed by atoms with Crippen molar-refractivity contribution in [2.24, 2.45) is 5.92 Å². The van der Waals surface area contributed by atoms with Crippen molar-refractivity contribution in [1.29, 1.82) is 0 Å². The summed E-state index contributed by atoms with van der Waals surface area (Å²) in [4.78, 5) is 29.3. The molecule has 0 saturated carbocycles. The monoisotopic (exact) mass is 285 g/mol. The van der Waals surface area contributed by atoms with E-state index >= 15 is 0 Å². The Balaban J connectivity index is 1.94. The zero-order valence-electron chi connectivity index (χ0n) is 10.7. The maximum atomic E-state index is 12.5. The van der Waals surface area contributed by atoms with Crippen LogP contribution < -0.4 is 0 Å². The van der Waals surface area contributed by atoms with Gasteiger partial charge in [-0.15, -0.1) is 11.3 Å². The minimum atomic E-state index is -0.721. The molecular formula is C14H11N3O2S. The predicted octanol–water partition coefficient (Wildman–Crippen LogP) is 2.49. The molecule has 3 heterocycles. The highest BCUT2D eigenvalue weighted by Gasteiger charge is 2.26. The van der Waals surface area contributed by atoms with Gasteiger partial charge in [0.05, 0.1) is 34.3 Å². The molecule has 0 aliphatic carbocycles. The van der Waals surface area contributed by atoms with Gasteiger partial charge >= 0.3 is 0 Å². The van der Waals surface area contributed by atoms with Gasteiger partial charge in [0.15, 0.2) is 11.6 Å². The van der Waals surface area contributed by atoms with Crippen LogP contribution in [0.2, 0.25) is 0 Å². The predicted molar refractivity (Wildman–Crippen MR) is 75.1 cm³/mol. The van der Waals surface area contributed by atoms with Crippen molar-refractivity contribution >= 4 is 28.4 Å². The van der Waals surface area contributed by atoms with Gasteiger partial charge in [0.2, 0.25) is 0 Å². The fourth-order valence-corrected chi connectivity index (χ4v) is 2.76. The molecular weight excluding hydrogens is 274 g/mol.